The summed E-state index contributed by atoms with van der Waals surface area (Å²) in [4.78, 5) is 89.5. The Morgan fingerprint density at radius 3 is 1.85 bits per heavy atom. The average molecular weight is 884 g/mol. The molecule has 20 nitrogen and oxygen atoms in total. The molecule has 1 aromatic carbocycles. The number of amides is 7. The average Bonchev–Trinajstić information content (AvgIpc) is 3.25. The van der Waals surface area contributed by atoms with Crippen molar-refractivity contribution in [2.75, 3.05) is 92.3 Å². The molecule has 1 fully saturated rings. The van der Waals surface area contributed by atoms with Gasteiger partial charge in [0.15, 0.2) is 8.03 Å². The van der Waals surface area contributed by atoms with E-state index < -0.39 is 68.8 Å². The summed E-state index contributed by atoms with van der Waals surface area (Å²) in [6.07, 6.45) is 3.45. The molecule has 0 spiro atoms. The highest BCUT2D eigenvalue weighted by atomic mass is 31.1. The van der Waals surface area contributed by atoms with Crippen LogP contribution in [0, 0.1) is 0 Å². The van der Waals surface area contributed by atoms with Gasteiger partial charge in [-0.3, -0.25) is 38.1 Å². The van der Waals surface area contributed by atoms with Crippen LogP contribution in [0.1, 0.15) is 63.9 Å². The van der Waals surface area contributed by atoms with Gasteiger partial charge in [0, 0.05) is 45.6 Å². The minimum atomic E-state index is -2.14. The number of hydrogen-bond acceptors (Lipinski definition) is 13. The maximum atomic E-state index is 13.7. The van der Waals surface area contributed by atoms with Gasteiger partial charge in [0.25, 0.3) is 0 Å². The van der Waals surface area contributed by atoms with E-state index in [1.807, 2.05) is 13.0 Å². The minimum absolute atomic E-state index is 0.130. The molecule has 4 atom stereocenters. The Balaban J connectivity index is 1.71. The van der Waals surface area contributed by atoms with Crippen molar-refractivity contribution >= 4 is 49.4 Å². The van der Waals surface area contributed by atoms with Gasteiger partial charge >= 0.3 is 0 Å². The van der Waals surface area contributed by atoms with Gasteiger partial charge in [0.2, 0.25) is 41.4 Å². The molecule has 0 aliphatic carbocycles. The van der Waals surface area contributed by atoms with Crippen LogP contribution >= 0.6 is 8.03 Å². The molecule has 1 aliphatic heterocycles. The van der Waals surface area contributed by atoms with Gasteiger partial charge in [-0.05, 0) is 31.2 Å². The Bertz CT molecular complexity index is 1510. The Morgan fingerprint density at radius 2 is 1.20 bits per heavy atom. The first-order valence-electron chi connectivity index (χ1n) is 20.9. The number of rotatable bonds is 29. The maximum absolute atomic E-state index is 13.7. The van der Waals surface area contributed by atoms with Crippen LogP contribution in [0.25, 0.3) is 0 Å². The number of nitrogens with one attached hydrogen (secondary N) is 7. The largest absolute Gasteiger partial charge is 0.379 e. The van der Waals surface area contributed by atoms with E-state index in [9.17, 15) is 38.1 Å². The van der Waals surface area contributed by atoms with Crippen molar-refractivity contribution in [2.24, 2.45) is 0 Å². The van der Waals surface area contributed by atoms with Crippen LogP contribution < -0.4 is 37.2 Å². The van der Waals surface area contributed by atoms with Crippen molar-refractivity contribution in [3.05, 3.63) is 35.9 Å². The summed E-state index contributed by atoms with van der Waals surface area (Å²) in [5, 5.41) is 18.6. The summed E-state index contributed by atoms with van der Waals surface area (Å²) in [5.41, 5.74) is 0.769. The van der Waals surface area contributed by atoms with Gasteiger partial charge in [-0.15, -0.1) is 0 Å². The molecule has 61 heavy (non-hydrogen) atoms. The van der Waals surface area contributed by atoms with Crippen molar-refractivity contribution in [3.8, 4) is 0 Å². The van der Waals surface area contributed by atoms with E-state index in [4.69, 9.17) is 18.9 Å². The number of benzene rings is 1. The summed E-state index contributed by atoms with van der Waals surface area (Å²) in [6, 6.07) is 5.98. The van der Waals surface area contributed by atoms with Crippen LogP contribution in [-0.4, -0.2) is 152 Å². The van der Waals surface area contributed by atoms with Crippen molar-refractivity contribution in [3.63, 3.8) is 0 Å². The summed E-state index contributed by atoms with van der Waals surface area (Å²) >= 11 is 0. The lowest BCUT2D eigenvalue weighted by Gasteiger charge is -2.25. The minimum Gasteiger partial charge on any atom is -0.379 e. The highest BCUT2D eigenvalue weighted by Gasteiger charge is 2.30. The number of ether oxygens (including phenoxy) is 4. The summed E-state index contributed by atoms with van der Waals surface area (Å²) in [6.45, 7) is 4.40. The van der Waals surface area contributed by atoms with Crippen LogP contribution in [-0.2, 0) is 68.0 Å². The fraction of sp³-hybridized carbons (Fsp3) is 0.675. The fourth-order valence-electron chi connectivity index (χ4n) is 5.71. The molecule has 1 aliphatic rings. The molecule has 0 radical (unpaired) electrons. The third kappa shape index (κ3) is 25.8. The third-order valence-electron chi connectivity index (χ3n) is 9.10. The molecule has 1 heterocycles. The van der Waals surface area contributed by atoms with Gasteiger partial charge in [-0.2, -0.15) is 0 Å². The van der Waals surface area contributed by atoms with E-state index >= 15 is 0 Å². The lowest BCUT2D eigenvalue weighted by atomic mass is 10.0. The van der Waals surface area contributed by atoms with Crippen LogP contribution in [0.15, 0.2) is 30.3 Å². The third-order valence-corrected chi connectivity index (χ3v) is 10.2. The van der Waals surface area contributed by atoms with E-state index in [0.29, 0.717) is 85.0 Å². The molecular formula is C40H66N7O13P. The van der Waals surface area contributed by atoms with E-state index in [-0.39, 0.29) is 50.3 Å². The van der Waals surface area contributed by atoms with Crippen LogP contribution in [0.3, 0.4) is 0 Å². The lowest BCUT2D eigenvalue weighted by molar-refractivity contribution is -0.133. The summed E-state index contributed by atoms with van der Waals surface area (Å²) in [5.74, 6) is -3.36. The Hall–Kier alpha value is -4.46. The monoisotopic (exact) mass is 883 g/mol. The molecule has 7 N–H and O–H groups in total. The zero-order chi connectivity index (χ0) is 44.5. The zero-order valence-electron chi connectivity index (χ0n) is 35.5. The van der Waals surface area contributed by atoms with Crippen LogP contribution in [0.2, 0.25) is 0 Å². The molecule has 1 aromatic rings. The quantitative estimate of drug-likeness (QED) is 0.0396. The highest BCUT2D eigenvalue weighted by molar-refractivity contribution is 7.39. The molecule has 3 unspecified atom stereocenters. The van der Waals surface area contributed by atoms with E-state index in [0.717, 1.165) is 12.0 Å². The summed E-state index contributed by atoms with van der Waals surface area (Å²) in [7, 11) is -0.783. The van der Waals surface area contributed by atoms with Crippen LogP contribution in [0.4, 0.5) is 0 Å². The Labute approximate surface area is 358 Å². The van der Waals surface area contributed by atoms with E-state index in [1.54, 1.807) is 24.3 Å². The molecule has 2 rings (SSSR count). The first-order chi connectivity index (χ1) is 29.5. The second-order valence-corrected chi connectivity index (χ2v) is 15.7. The molecular weight excluding hydrogens is 817 g/mol. The predicted octanol–water partition coefficient (Wildman–Crippen LogP) is -0.510. The van der Waals surface area contributed by atoms with Crippen molar-refractivity contribution in [1.29, 1.82) is 0 Å². The second kappa shape index (κ2) is 33.2. The van der Waals surface area contributed by atoms with E-state index in [1.165, 1.54) is 7.11 Å². The fourth-order valence-corrected chi connectivity index (χ4v) is 6.35. The number of unbranched alkanes of at least 4 members (excludes halogenated alkanes) is 2. The number of carbonyl (C=O) groups is 7. The zero-order valence-corrected chi connectivity index (χ0v) is 36.5. The standard InChI is InChI=1S/C40H66N7O13P/c1-3-4-12-31-38(52)44-28-36(50)43-29-37(51)45-33(27-30-10-6-5-7-11-30)40(54)47-32(39(53)46-31)13-8-9-16-41-34(48)14-18-57-20-22-59-24-25-60-23-21-58-19-17-42-35(49)15-26-61(55)56-2/h5-7,10-11,31-33,61H,3-4,8-9,12-29H2,1-2H3,(H,41,48)(H,42,49)(H,43,50)(H,44,52)(H,45,51)(H,46,53)(H,47,54)/t31?,32-,33?/m0/s1. The predicted molar refractivity (Wildman–Crippen MR) is 225 cm³/mol. The molecule has 0 aromatic heterocycles. The molecule has 0 saturated carbocycles. The number of carbonyl (C=O) groups excluding carboxylic acids is 7. The SMILES string of the molecule is CCCCC1NC(=O)[C@H](CCCCNC(=O)CCOCCOCCOCCOCCNC(=O)CC[PH](=O)OC)NC(=O)C(Cc2ccccc2)NC(=O)CNC(=O)CNC1=O. The van der Waals surface area contributed by atoms with Crippen molar-refractivity contribution in [1.82, 2.24) is 37.2 Å². The van der Waals surface area contributed by atoms with Crippen molar-refractivity contribution < 1.29 is 61.6 Å². The van der Waals surface area contributed by atoms with Gasteiger partial charge in [0.1, 0.15) is 18.1 Å². The van der Waals surface area contributed by atoms with Crippen molar-refractivity contribution in [2.45, 2.75) is 82.8 Å². The topological polar surface area (TPSA) is 267 Å². The Morgan fingerprint density at radius 1 is 0.639 bits per heavy atom. The lowest BCUT2D eigenvalue weighted by Crippen LogP contribution is -2.57. The Kier molecular flexibility index (Phi) is 28.7. The molecule has 0 bridgehead atoms. The van der Waals surface area contributed by atoms with Gasteiger partial charge in [-0.25, -0.2) is 0 Å². The molecule has 344 valence electrons. The normalized spacial score (nSPS) is 18.3. The first-order valence-corrected chi connectivity index (χ1v) is 22.4. The molecule has 21 heteroatoms. The second-order valence-electron chi connectivity index (χ2n) is 14.0. The smallest absolute Gasteiger partial charge is 0.243 e. The molecule has 1 saturated heterocycles. The van der Waals surface area contributed by atoms with Gasteiger partial charge in [0.05, 0.1) is 65.9 Å². The molecule has 7 amide bonds. The highest BCUT2D eigenvalue weighted by Crippen LogP contribution is 2.20. The maximum Gasteiger partial charge on any atom is 0.243 e. The van der Waals surface area contributed by atoms with Gasteiger partial charge in [-0.1, -0.05) is 50.1 Å². The summed E-state index contributed by atoms with van der Waals surface area (Å²) < 4.78 is 37.7. The van der Waals surface area contributed by atoms with E-state index in [2.05, 4.69) is 41.7 Å². The van der Waals surface area contributed by atoms with Crippen LogP contribution in [0.5, 0.6) is 0 Å². The van der Waals surface area contributed by atoms with Gasteiger partial charge < -0.3 is 60.7 Å². The number of hydrogen-bond donors (Lipinski definition) is 7. The first kappa shape index (κ1) is 52.7.